The summed E-state index contributed by atoms with van der Waals surface area (Å²) in [5, 5.41) is 11.4. The van der Waals surface area contributed by atoms with Crippen LogP contribution in [0.2, 0.25) is 0 Å². The fraction of sp³-hybridized carbons (Fsp3) is 0.833. The number of aliphatic hydroxyl groups excluding tert-OH is 1. The van der Waals surface area contributed by atoms with E-state index in [4.69, 9.17) is 5.11 Å². The van der Waals surface area contributed by atoms with Gasteiger partial charge in [-0.15, -0.1) is 0 Å². The summed E-state index contributed by atoms with van der Waals surface area (Å²) in [4.78, 5) is 24.8. The highest BCUT2D eigenvalue weighted by Gasteiger charge is 2.27. The summed E-state index contributed by atoms with van der Waals surface area (Å²) in [5.74, 6) is -0.100. The largest absolute Gasteiger partial charge is 0.396 e. The summed E-state index contributed by atoms with van der Waals surface area (Å²) in [6.45, 7) is 2.81. The third-order valence-electron chi connectivity index (χ3n) is 3.15. The van der Waals surface area contributed by atoms with Gasteiger partial charge in [0, 0.05) is 25.6 Å². The summed E-state index contributed by atoms with van der Waals surface area (Å²) in [7, 11) is 0. The third-order valence-corrected chi connectivity index (χ3v) is 3.15. The molecule has 1 aliphatic heterocycles. The summed E-state index contributed by atoms with van der Waals surface area (Å²) in [6.07, 6.45) is 4.01. The molecule has 0 radical (unpaired) electrons. The SMILES string of the molecule is CCC(=O)NCC(=O)N1CCCC1CCCO. The molecule has 1 atom stereocenters. The first-order chi connectivity index (χ1) is 8.19. The van der Waals surface area contributed by atoms with Gasteiger partial charge in [0.05, 0.1) is 6.54 Å². The van der Waals surface area contributed by atoms with Crippen molar-refractivity contribution in [3.05, 3.63) is 0 Å². The van der Waals surface area contributed by atoms with Crippen LogP contribution in [0.1, 0.15) is 39.0 Å². The minimum absolute atomic E-state index is 0.00719. The topological polar surface area (TPSA) is 69.6 Å². The van der Waals surface area contributed by atoms with Gasteiger partial charge in [-0.1, -0.05) is 6.92 Å². The molecule has 1 unspecified atom stereocenters. The molecular formula is C12H22N2O3. The molecule has 0 bridgehead atoms. The molecule has 0 aromatic carbocycles. The molecule has 17 heavy (non-hydrogen) atoms. The van der Waals surface area contributed by atoms with Gasteiger partial charge in [0.2, 0.25) is 11.8 Å². The number of carbonyl (C=O) groups is 2. The maximum atomic E-state index is 11.9. The highest BCUT2D eigenvalue weighted by molar-refractivity contribution is 5.84. The Balaban J connectivity index is 2.36. The normalized spacial score (nSPS) is 19.4. The molecule has 0 aromatic heterocycles. The van der Waals surface area contributed by atoms with Crippen molar-refractivity contribution in [1.29, 1.82) is 0 Å². The molecule has 1 aliphatic rings. The van der Waals surface area contributed by atoms with Gasteiger partial charge in [-0.25, -0.2) is 0 Å². The van der Waals surface area contributed by atoms with Crippen molar-refractivity contribution in [3.63, 3.8) is 0 Å². The number of amides is 2. The van der Waals surface area contributed by atoms with Crippen molar-refractivity contribution in [3.8, 4) is 0 Å². The van der Waals surface area contributed by atoms with E-state index in [-0.39, 0.29) is 31.0 Å². The second-order valence-corrected chi connectivity index (χ2v) is 4.38. The fourth-order valence-electron chi connectivity index (χ4n) is 2.19. The number of rotatable bonds is 6. The predicted molar refractivity (Wildman–Crippen MR) is 64.4 cm³/mol. The second kappa shape index (κ2) is 7.27. The maximum absolute atomic E-state index is 11.9. The highest BCUT2D eigenvalue weighted by atomic mass is 16.3. The Morgan fingerprint density at radius 2 is 2.24 bits per heavy atom. The van der Waals surface area contributed by atoms with Crippen LogP contribution < -0.4 is 5.32 Å². The Bertz CT molecular complexity index is 268. The Morgan fingerprint density at radius 1 is 1.47 bits per heavy atom. The number of hydrogen-bond donors (Lipinski definition) is 2. The molecule has 1 fully saturated rings. The Kier molecular flexibility index (Phi) is 5.97. The quantitative estimate of drug-likeness (QED) is 0.702. The molecule has 0 aromatic rings. The van der Waals surface area contributed by atoms with Gasteiger partial charge in [-0.2, -0.15) is 0 Å². The molecule has 5 heteroatoms. The van der Waals surface area contributed by atoms with E-state index < -0.39 is 0 Å². The number of nitrogens with zero attached hydrogens (tertiary/aromatic N) is 1. The Labute approximate surface area is 102 Å². The average Bonchev–Trinajstić information content (AvgIpc) is 2.81. The molecular weight excluding hydrogens is 220 g/mol. The first-order valence-corrected chi connectivity index (χ1v) is 6.36. The van der Waals surface area contributed by atoms with E-state index in [0.717, 1.165) is 32.2 Å². The second-order valence-electron chi connectivity index (χ2n) is 4.38. The van der Waals surface area contributed by atoms with Crippen LogP contribution in [0, 0.1) is 0 Å². The minimum Gasteiger partial charge on any atom is -0.396 e. The van der Waals surface area contributed by atoms with Crippen LogP contribution in [0.3, 0.4) is 0 Å². The lowest BCUT2D eigenvalue weighted by Crippen LogP contribution is -2.42. The van der Waals surface area contributed by atoms with Crippen molar-refractivity contribution >= 4 is 11.8 Å². The van der Waals surface area contributed by atoms with Crippen molar-refractivity contribution in [1.82, 2.24) is 10.2 Å². The van der Waals surface area contributed by atoms with Crippen LogP contribution >= 0.6 is 0 Å². The fourth-order valence-corrected chi connectivity index (χ4v) is 2.19. The Hall–Kier alpha value is -1.10. The van der Waals surface area contributed by atoms with Crippen molar-refractivity contribution in [2.45, 2.75) is 45.1 Å². The zero-order valence-corrected chi connectivity index (χ0v) is 10.4. The number of carbonyl (C=O) groups excluding carboxylic acids is 2. The number of hydrogen-bond acceptors (Lipinski definition) is 3. The van der Waals surface area contributed by atoms with Crippen LogP contribution in [0.15, 0.2) is 0 Å². The summed E-state index contributed by atoms with van der Waals surface area (Å²) >= 11 is 0. The molecule has 0 saturated carbocycles. The monoisotopic (exact) mass is 242 g/mol. The smallest absolute Gasteiger partial charge is 0.242 e. The zero-order valence-electron chi connectivity index (χ0n) is 10.4. The van der Waals surface area contributed by atoms with E-state index in [1.807, 2.05) is 4.90 Å². The first kappa shape index (κ1) is 14.0. The predicted octanol–water partition coefficient (Wildman–Crippen LogP) is 0.276. The van der Waals surface area contributed by atoms with Crippen molar-refractivity contribution in [2.75, 3.05) is 19.7 Å². The molecule has 2 amide bonds. The lowest BCUT2D eigenvalue weighted by molar-refractivity contribution is -0.133. The van der Waals surface area contributed by atoms with Gasteiger partial charge in [0.1, 0.15) is 0 Å². The number of likely N-dealkylation sites (tertiary alicyclic amines) is 1. The van der Waals surface area contributed by atoms with Gasteiger partial charge in [-0.3, -0.25) is 9.59 Å². The van der Waals surface area contributed by atoms with Gasteiger partial charge in [-0.05, 0) is 25.7 Å². The van der Waals surface area contributed by atoms with E-state index in [2.05, 4.69) is 5.32 Å². The molecule has 5 nitrogen and oxygen atoms in total. The van der Waals surface area contributed by atoms with Crippen LogP contribution in [0.4, 0.5) is 0 Å². The van der Waals surface area contributed by atoms with Gasteiger partial charge < -0.3 is 15.3 Å². The molecule has 98 valence electrons. The van der Waals surface area contributed by atoms with Gasteiger partial charge in [0.25, 0.3) is 0 Å². The van der Waals surface area contributed by atoms with Crippen molar-refractivity contribution in [2.24, 2.45) is 0 Å². The molecule has 0 spiro atoms. The molecule has 1 rings (SSSR count). The summed E-state index contributed by atoms with van der Waals surface area (Å²) in [5.41, 5.74) is 0. The van der Waals surface area contributed by atoms with E-state index in [9.17, 15) is 9.59 Å². The van der Waals surface area contributed by atoms with E-state index in [1.165, 1.54) is 0 Å². The number of aliphatic hydroxyl groups is 1. The highest BCUT2D eigenvalue weighted by Crippen LogP contribution is 2.21. The van der Waals surface area contributed by atoms with Crippen LogP contribution in [0.5, 0.6) is 0 Å². The van der Waals surface area contributed by atoms with Crippen molar-refractivity contribution < 1.29 is 14.7 Å². The van der Waals surface area contributed by atoms with Crippen LogP contribution in [-0.4, -0.2) is 47.6 Å². The molecule has 0 aliphatic carbocycles. The van der Waals surface area contributed by atoms with Gasteiger partial charge >= 0.3 is 0 Å². The standard InChI is InChI=1S/C12H22N2O3/c1-2-11(16)13-9-12(17)14-7-3-5-10(14)6-4-8-15/h10,15H,2-9H2,1H3,(H,13,16). The van der Waals surface area contributed by atoms with E-state index >= 15 is 0 Å². The summed E-state index contributed by atoms with van der Waals surface area (Å²) < 4.78 is 0. The Morgan fingerprint density at radius 3 is 2.88 bits per heavy atom. The first-order valence-electron chi connectivity index (χ1n) is 6.36. The lowest BCUT2D eigenvalue weighted by Gasteiger charge is -2.24. The number of nitrogens with one attached hydrogen (secondary N) is 1. The zero-order chi connectivity index (χ0) is 12.7. The summed E-state index contributed by atoms with van der Waals surface area (Å²) in [6, 6.07) is 0.244. The van der Waals surface area contributed by atoms with Crippen LogP contribution in [0.25, 0.3) is 0 Å². The minimum atomic E-state index is -0.0931. The molecule has 1 heterocycles. The average molecular weight is 242 g/mol. The van der Waals surface area contributed by atoms with Gasteiger partial charge in [0.15, 0.2) is 0 Å². The van der Waals surface area contributed by atoms with Crippen LogP contribution in [-0.2, 0) is 9.59 Å². The van der Waals surface area contributed by atoms with E-state index in [0.29, 0.717) is 6.42 Å². The maximum Gasteiger partial charge on any atom is 0.242 e. The lowest BCUT2D eigenvalue weighted by atomic mass is 10.1. The molecule has 2 N–H and O–H groups in total. The molecule has 1 saturated heterocycles. The third kappa shape index (κ3) is 4.34. The van der Waals surface area contributed by atoms with E-state index in [1.54, 1.807) is 6.92 Å².